The normalized spacial score (nSPS) is 22.1. The van der Waals surface area contributed by atoms with E-state index in [-0.39, 0.29) is 12.1 Å². The minimum Gasteiger partial charge on any atom is -0.356 e. The van der Waals surface area contributed by atoms with Crippen LogP contribution < -0.4 is 21.3 Å². The highest BCUT2D eigenvalue weighted by Crippen LogP contribution is 2.29. The van der Waals surface area contributed by atoms with Gasteiger partial charge in [-0.05, 0) is 63.5 Å². The molecule has 6 nitrogen and oxygen atoms in total. The molecule has 1 aromatic heterocycles. The SMILES string of the molecule is CC(N)NC(=O)c1cc2c(nc1N1CCC(NC3CCCCC3)CC1)CCC2. The number of aryl methyl sites for hydroxylation is 2. The molecule has 6 heteroatoms. The zero-order valence-electron chi connectivity index (χ0n) is 17.2. The van der Waals surface area contributed by atoms with Crippen molar-refractivity contribution in [2.75, 3.05) is 18.0 Å². The van der Waals surface area contributed by atoms with Gasteiger partial charge in [0.25, 0.3) is 5.91 Å². The molecule has 1 unspecified atom stereocenters. The number of hydrogen-bond donors (Lipinski definition) is 3. The molecule has 154 valence electrons. The number of hydrogen-bond acceptors (Lipinski definition) is 5. The number of carbonyl (C=O) groups is 1. The Balaban J connectivity index is 1.45. The van der Waals surface area contributed by atoms with Gasteiger partial charge < -0.3 is 21.3 Å². The van der Waals surface area contributed by atoms with Gasteiger partial charge in [-0.15, -0.1) is 0 Å². The molecule has 1 saturated carbocycles. The van der Waals surface area contributed by atoms with E-state index in [9.17, 15) is 4.79 Å². The molecule has 28 heavy (non-hydrogen) atoms. The van der Waals surface area contributed by atoms with Crippen LogP contribution >= 0.6 is 0 Å². The van der Waals surface area contributed by atoms with Crippen molar-refractivity contribution < 1.29 is 4.79 Å². The number of anilines is 1. The first kappa shape index (κ1) is 19.6. The van der Waals surface area contributed by atoms with E-state index < -0.39 is 0 Å². The van der Waals surface area contributed by atoms with Crippen molar-refractivity contribution in [2.24, 2.45) is 5.73 Å². The van der Waals surface area contributed by atoms with E-state index in [4.69, 9.17) is 10.7 Å². The van der Waals surface area contributed by atoms with Crippen LogP contribution in [0.25, 0.3) is 0 Å². The van der Waals surface area contributed by atoms with E-state index in [1.807, 2.05) is 0 Å². The van der Waals surface area contributed by atoms with Crippen molar-refractivity contribution in [3.05, 3.63) is 22.9 Å². The molecule has 3 aliphatic rings. The second kappa shape index (κ2) is 8.78. The number of piperidine rings is 1. The van der Waals surface area contributed by atoms with Gasteiger partial charge in [0, 0.05) is 30.9 Å². The quantitative estimate of drug-likeness (QED) is 0.678. The zero-order chi connectivity index (χ0) is 19.5. The van der Waals surface area contributed by atoms with Crippen LogP contribution in [0.1, 0.15) is 79.9 Å². The van der Waals surface area contributed by atoms with Crippen LogP contribution in [-0.4, -0.2) is 42.2 Å². The van der Waals surface area contributed by atoms with E-state index in [0.29, 0.717) is 17.6 Å². The van der Waals surface area contributed by atoms with Gasteiger partial charge >= 0.3 is 0 Å². The van der Waals surface area contributed by atoms with Crippen molar-refractivity contribution in [1.29, 1.82) is 0 Å². The van der Waals surface area contributed by atoms with Gasteiger partial charge in [0.05, 0.1) is 11.7 Å². The molecule has 0 aromatic carbocycles. The summed E-state index contributed by atoms with van der Waals surface area (Å²) in [6.45, 7) is 3.70. The Labute approximate surface area is 168 Å². The number of pyridine rings is 1. The number of fused-ring (bicyclic) bond motifs is 1. The lowest BCUT2D eigenvalue weighted by Crippen LogP contribution is -2.47. The standard InChI is InChI=1S/C22H35N5O/c1-15(23)24-22(28)19-14-16-6-5-9-20(16)26-21(19)27-12-10-18(11-13-27)25-17-7-3-2-4-8-17/h14-15,17-18,25H,2-13,23H2,1H3,(H,24,28). The number of rotatable bonds is 5. The molecule has 1 amide bonds. The van der Waals surface area contributed by atoms with Crippen molar-refractivity contribution in [1.82, 2.24) is 15.6 Å². The summed E-state index contributed by atoms with van der Waals surface area (Å²) in [5, 5.41) is 6.74. The Hall–Kier alpha value is -1.66. The largest absolute Gasteiger partial charge is 0.356 e. The van der Waals surface area contributed by atoms with Gasteiger partial charge in [-0.3, -0.25) is 4.79 Å². The Morgan fingerprint density at radius 3 is 2.54 bits per heavy atom. The van der Waals surface area contributed by atoms with Gasteiger partial charge in [0.2, 0.25) is 0 Å². The molecule has 2 aliphatic carbocycles. The third kappa shape index (κ3) is 4.49. The van der Waals surface area contributed by atoms with Gasteiger partial charge in [-0.1, -0.05) is 19.3 Å². The molecular weight excluding hydrogens is 350 g/mol. The number of nitrogens with one attached hydrogen (secondary N) is 2. The highest BCUT2D eigenvalue weighted by molar-refractivity contribution is 5.99. The molecule has 1 aliphatic heterocycles. The maximum absolute atomic E-state index is 12.8. The Bertz CT molecular complexity index is 690. The van der Waals surface area contributed by atoms with Crippen LogP contribution in [0.4, 0.5) is 5.82 Å². The zero-order valence-corrected chi connectivity index (χ0v) is 17.2. The van der Waals surface area contributed by atoms with Crippen molar-refractivity contribution in [3.63, 3.8) is 0 Å². The van der Waals surface area contributed by atoms with E-state index >= 15 is 0 Å². The summed E-state index contributed by atoms with van der Waals surface area (Å²) < 4.78 is 0. The molecule has 1 saturated heterocycles. The maximum Gasteiger partial charge on any atom is 0.256 e. The monoisotopic (exact) mass is 385 g/mol. The summed E-state index contributed by atoms with van der Waals surface area (Å²) in [6.07, 6.45) is 11.8. The minimum atomic E-state index is -0.362. The first-order valence-corrected chi connectivity index (χ1v) is 11.2. The molecule has 1 atom stereocenters. The summed E-state index contributed by atoms with van der Waals surface area (Å²) in [5.41, 5.74) is 8.90. The topological polar surface area (TPSA) is 83.3 Å². The minimum absolute atomic E-state index is 0.102. The molecule has 0 bridgehead atoms. The molecule has 1 aromatic rings. The number of amides is 1. The molecule has 0 radical (unpaired) electrons. The fraction of sp³-hybridized carbons (Fsp3) is 0.727. The smallest absolute Gasteiger partial charge is 0.256 e. The fourth-order valence-corrected chi connectivity index (χ4v) is 5.01. The first-order valence-electron chi connectivity index (χ1n) is 11.2. The number of carbonyl (C=O) groups excluding carboxylic acids is 1. The van der Waals surface area contributed by atoms with Crippen molar-refractivity contribution in [3.8, 4) is 0 Å². The molecular formula is C22H35N5O. The van der Waals surface area contributed by atoms with Crippen LogP contribution in [0.5, 0.6) is 0 Å². The molecule has 2 fully saturated rings. The van der Waals surface area contributed by atoms with Gasteiger partial charge in [0.1, 0.15) is 5.82 Å². The third-order valence-electron chi connectivity index (χ3n) is 6.51. The van der Waals surface area contributed by atoms with Crippen LogP contribution in [0.3, 0.4) is 0 Å². The van der Waals surface area contributed by atoms with Crippen molar-refractivity contribution >= 4 is 11.7 Å². The average Bonchev–Trinajstić information content (AvgIpc) is 3.15. The first-order chi connectivity index (χ1) is 13.6. The Morgan fingerprint density at radius 1 is 1.11 bits per heavy atom. The molecule has 4 N–H and O–H groups in total. The maximum atomic E-state index is 12.8. The summed E-state index contributed by atoms with van der Waals surface area (Å²) in [7, 11) is 0. The molecule has 0 spiro atoms. The van der Waals surface area contributed by atoms with E-state index in [1.54, 1.807) is 6.92 Å². The highest BCUT2D eigenvalue weighted by atomic mass is 16.1. The second-order valence-electron chi connectivity index (χ2n) is 8.84. The Morgan fingerprint density at radius 2 is 1.82 bits per heavy atom. The van der Waals surface area contributed by atoms with Crippen LogP contribution in [0.2, 0.25) is 0 Å². The average molecular weight is 386 g/mol. The van der Waals surface area contributed by atoms with Gasteiger partial charge in [-0.25, -0.2) is 4.98 Å². The van der Waals surface area contributed by atoms with E-state index in [0.717, 1.165) is 51.0 Å². The lowest BCUT2D eigenvalue weighted by Gasteiger charge is -2.37. The van der Waals surface area contributed by atoms with Crippen molar-refractivity contribution in [2.45, 2.75) is 89.4 Å². The summed E-state index contributed by atoms with van der Waals surface area (Å²) in [4.78, 5) is 20.0. The summed E-state index contributed by atoms with van der Waals surface area (Å²) in [5.74, 6) is 0.754. The van der Waals surface area contributed by atoms with E-state index in [2.05, 4.69) is 21.6 Å². The van der Waals surface area contributed by atoms with Gasteiger partial charge in [0.15, 0.2) is 0 Å². The van der Waals surface area contributed by atoms with E-state index in [1.165, 1.54) is 43.4 Å². The lowest BCUT2D eigenvalue weighted by atomic mass is 9.93. The Kier molecular flexibility index (Phi) is 6.16. The van der Waals surface area contributed by atoms with Gasteiger partial charge in [-0.2, -0.15) is 0 Å². The number of nitrogens with zero attached hydrogens (tertiary/aromatic N) is 2. The predicted molar refractivity (Wildman–Crippen MR) is 113 cm³/mol. The number of aromatic nitrogens is 1. The summed E-state index contributed by atoms with van der Waals surface area (Å²) in [6, 6.07) is 3.36. The predicted octanol–water partition coefficient (Wildman–Crippen LogP) is 2.50. The fourth-order valence-electron chi connectivity index (χ4n) is 5.01. The lowest BCUT2D eigenvalue weighted by molar-refractivity contribution is 0.0941. The third-order valence-corrected chi connectivity index (χ3v) is 6.51. The molecule has 4 rings (SSSR count). The molecule has 2 heterocycles. The summed E-state index contributed by atoms with van der Waals surface area (Å²) >= 11 is 0. The number of nitrogens with two attached hydrogens (primary N) is 1. The highest BCUT2D eigenvalue weighted by Gasteiger charge is 2.28. The van der Waals surface area contributed by atoms with Crippen LogP contribution in [-0.2, 0) is 12.8 Å². The van der Waals surface area contributed by atoms with Crippen LogP contribution in [0.15, 0.2) is 6.07 Å². The van der Waals surface area contributed by atoms with Crippen LogP contribution in [0, 0.1) is 0 Å². The second-order valence-corrected chi connectivity index (χ2v) is 8.84.